The number of carbonyl (C=O) groups is 2. The van der Waals surface area contributed by atoms with E-state index in [1.165, 1.54) is 0 Å². The number of amides is 2. The van der Waals surface area contributed by atoms with Gasteiger partial charge < -0.3 is 15.0 Å². The third kappa shape index (κ3) is 5.67. The fourth-order valence-electron chi connectivity index (χ4n) is 2.73. The quantitative estimate of drug-likeness (QED) is 0.784. The molecular formula is C18H26N2O3. The summed E-state index contributed by atoms with van der Waals surface area (Å²) in [6.07, 6.45) is 3.37. The molecule has 1 heterocycles. The fourth-order valence-corrected chi connectivity index (χ4v) is 2.73. The van der Waals surface area contributed by atoms with Gasteiger partial charge in [0.2, 0.25) is 5.91 Å². The number of carbonyl (C=O) groups excluding carboxylic acids is 2. The van der Waals surface area contributed by atoms with Gasteiger partial charge in [-0.1, -0.05) is 31.5 Å². The lowest BCUT2D eigenvalue weighted by molar-refractivity contribution is -0.139. The van der Waals surface area contributed by atoms with Crippen molar-refractivity contribution < 1.29 is 14.3 Å². The van der Waals surface area contributed by atoms with Crippen molar-refractivity contribution in [2.75, 3.05) is 26.2 Å². The number of morpholine rings is 1. The second-order valence-corrected chi connectivity index (χ2v) is 5.85. The highest BCUT2D eigenvalue weighted by Crippen LogP contribution is 2.12. The van der Waals surface area contributed by atoms with Crippen molar-refractivity contribution in [1.82, 2.24) is 10.2 Å². The van der Waals surface area contributed by atoms with Crippen LogP contribution in [0.15, 0.2) is 30.3 Å². The van der Waals surface area contributed by atoms with Gasteiger partial charge >= 0.3 is 0 Å². The Kier molecular flexibility index (Phi) is 7.07. The van der Waals surface area contributed by atoms with E-state index >= 15 is 0 Å². The van der Waals surface area contributed by atoms with Crippen LogP contribution in [0.1, 0.15) is 43.0 Å². The maximum absolute atomic E-state index is 12.2. The molecule has 1 fully saturated rings. The third-order valence-electron chi connectivity index (χ3n) is 3.99. The molecule has 0 unspecified atom stereocenters. The number of hydrogen-bond acceptors (Lipinski definition) is 3. The van der Waals surface area contributed by atoms with Crippen LogP contribution in [0.4, 0.5) is 0 Å². The summed E-state index contributed by atoms with van der Waals surface area (Å²) in [5.74, 6) is 0.0656. The van der Waals surface area contributed by atoms with Gasteiger partial charge in [-0.05, 0) is 25.0 Å². The van der Waals surface area contributed by atoms with Crippen LogP contribution >= 0.6 is 0 Å². The summed E-state index contributed by atoms with van der Waals surface area (Å²) >= 11 is 0. The highest BCUT2D eigenvalue weighted by Gasteiger charge is 2.23. The number of nitrogens with one attached hydrogen (secondary N) is 1. The molecule has 1 aromatic carbocycles. The van der Waals surface area contributed by atoms with Gasteiger partial charge in [0.1, 0.15) is 0 Å². The molecule has 2 rings (SSSR count). The summed E-state index contributed by atoms with van der Waals surface area (Å²) in [5, 5.41) is 2.85. The van der Waals surface area contributed by atoms with Gasteiger partial charge in [0.05, 0.1) is 12.7 Å². The molecule has 1 aliphatic rings. The molecular weight excluding hydrogens is 292 g/mol. The average Bonchev–Trinajstić information content (AvgIpc) is 2.59. The van der Waals surface area contributed by atoms with Gasteiger partial charge in [0.25, 0.3) is 5.91 Å². The standard InChI is InChI=1S/C18H26N2O3/c1-2-7-16-14-20(12-13-23-16)17(21)10-6-11-19-18(22)15-8-4-3-5-9-15/h3-5,8-9,16H,2,6-7,10-14H2,1H3,(H,19,22)/t16-/m1/s1. The van der Waals surface area contributed by atoms with Gasteiger partial charge in [0.15, 0.2) is 0 Å². The van der Waals surface area contributed by atoms with Crippen LogP contribution in [0.2, 0.25) is 0 Å². The van der Waals surface area contributed by atoms with E-state index in [4.69, 9.17) is 4.74 Å². The second kappa shape index (κ2) is 9.30. The van der Waals surface area contributed by atoms with E-state index in [0.29, 0.717) is 44.6 Å². The molecule has 1 aromatic rings. The molecule has 0 radical (unpaired) electrons. The summed E-state index contributed by atoms with van der Waals surface area (Å²) in [5.41, 5.74) is 0.648. The molecule has 23 heavy (non-hydrogen) atoms. The van der Waals surface area contributed by atoms with Crippen molar-refractivity contribution in [2.45, 2.75) is 38.7 Å². The van der Waals surface area contributed by atoms with Crippen molar-refractivity contribution in [2.24, 2.45) is 0 Å². The molecule has 2 amide bonds. The molecule has 126 valence electrons. The molecule has 1 atom stereocenters. The van der Waals surface area contributed by atoms with Crippen molar-refractivity contribution in [1.29, 1.82) is 0 Å². The average molecular weight is 318 g/mol. The zero-order chi connectivity index (χ0) is 16.5. The van der Waals surface area contributed by atoms with Crippen LogP contribution in [0.3, 0.4) is 0 Å². The SMILES string of the molecule is CCC[C@@H]1CN(C(=O)CCCNC(=O)c2ccccc2)CCO1. The Morgan fingerprint density at radius 3 is 2.83 bits per heavy atom. The van der Waals surface area contributed by atoms with Crippen molar-refractivity contribution in [3.8, 4) is 0 Å². The normalized spacial score (nSPS) is 17.8. The van der Waals surface area contributed by atoms with Crippen LogP contribution in [0, 0.1) is 0 Å². The van der Waals surface area contributed by atoms with Crippen LogP contribution in [0.25, 0.3) is 0 Å². The first-order valence-corrected chi connectivity index (χ1v) is 8.43. The summed E-state index contributed by atoms with van der Waals surface area (Å²) in [7, 11) is 0. The van der Waals surface area contributed by atoms with Crippen LogP contribution in [-0.4, -0.2) is 49.1 Å². The summed E-state index contributed by atoms with van der Waals surface area (Å²) in [6.45, 7) is 4.64. The van der Waals surface area contributed by atoms with Gasteiger partial charge in [-0.25, -0.2) is 0 Å². The topological polar surface area (TPSA) is 58.6 Å². The minimum absolute atomic E-state index is 0.0903. The predicted molar refractivity (Wildman–Crippen MR) is 89.2 cm³/mol. The summed E-state index contributed by atoms with van der Waals surface area (Å²) in [6, 6.07) is 9.11. The van der Waals surface area contributed by atoms with Crippen molar-refractivity contribution >= 4 is 11.8 Å². The molecule has 0 saturated carbocycles. The van der Waals surface area contributed by atoms with Crippen molar-refractivity contribution in [3.63, 3.8) is 0 Å². The third-order valence-corrected chi connectivity index (χ3v) is 3.99. The van der Waals surface area contributed by atoms with E-state index in [0.717, 1.165) is 12.8 Å². The highest BCUT2D eigenvalue weighted by molar-refractivity contribution is 5.94. The fraction of sp³-hybridized carbons (Fsp3) is 0.556. The number of ether oxygens (including phenoxy) is 1. The maximum atomic E-state index is 12.2. The molecule has 0 aromatic heterocycles. The summed E-state index contributed by atoms with van der Waals surface area (Å²) < 4.78 is 5.65. The Morgan fingerprint density at radius 2 is 2.09 bits per heavy atom. The lowest BCUT2D eigenvalue weighted by Gasteiger charge is -2.33. The van der Waals surface area contributed by atoms with Gasteiger partial charge in [-0.2, -0.15) is 0 Å². The number of hydrogen-bond donors (Lipinski definition) is 1. The molecule has 5 nitrogen and oxygen atoms in total. The molecule has 5 heteroatoms. The molecule has 1 saturated heterocycles. The molecule has 0 aliphatic carbocycles. The van der Waals surface area contributed by atoms with E-state index in [9.17, 15) is 9.59 Å². The zero-order valence-electron chi connectivity index (χ0n) is 13.8. The van der Waals surface area contributed by atoms with Crippen LogP contribution < -0.4 is 5.32 Å². The molecule has 0 bridgehead atoms. The number of nitrogens with zero attached hydrogens (tertiary/aromatic N) is 1. The lowest BCUT2D eigenvalue weighted by atomic mass is 10.1. The number of rotatable bonds is 7. The zero-order valence-corrected chi connectivity index (χ0v) is 13.8. The van der Waals surface area contributed by atoms with Crippen LogP contribution in [-0.2, 0) is 9.53 Å². The first kappa shape index (κ1) is 17.5. The highest BCUT2D eigenvalue weighted by atomic mass is 16.5. The Balaban J connectivity index is 1.65. The molecule has 1 N–H and O–H groups in total. The molecule has 1 aliphatic heterocycles. The number of benzene rings is 1. The predicted octanol–water partition coefficient (Wildman–Crippen LogP) is 2.22. The Morgan fingerprint density at radius 1 is 1.30 bits per heavy atom. The van der Waals surface area contributed by atoms with E-state index in [2.05, 4.69) is 12.2 Å². The maximum Gasteiger partial charge on any atom is 0.251 e. The van der Waals surface area contributed by atoms with Gasteiger partial charge in [-0.15, -0.1) is 0 Å². The van der Waals surface area contributed by atoms with E-state index < -0.39 is 0 Å². The van der Waals surface area contributed by atoms with Crippen molar-refractivity contribution in [3.05, 3.63) is 35.9 Å². The molecule has 0 spiro atoms. The van der Waals surface area contributed by atoms with E-state index in [-0.39, 0.29) is 17.9 Å². The Labute approximate surface area is 138 Å². The first-order valence-electron chi connectivity index (χ1n) is 8.43. The first-order chi connectivity index (χ1) is 11.2. The largest absolute Gasteiger partial charge is 0.375 e. The van der Waals surface area contributed by atoms with Gasteiger partial charge in [0, 0.05) is 31.6 Å². The minimum Gasteiger partial charge on any atom is -0.375 e. The lowest BCUT2D eigenvalue weighted by Crippen LogP contribution is -2.45. The smallest absolute Gasteiger partial charge is 0.251 e. The van der Waals surface area contributed by atoms with E-state index in [1.807, 2.05) is 23.1 Å². The van der Waals surface area contributed by atoms with Gasteiger partial charge in [-0.3, -0.25) is 9.59 Å². The monoisotopic (exact) mass is 318 g/mol. The van der Waals surface area contributed by atoms with Crippen LogP contribution in [0.5, 0.6) is 0 Å². The second-order valence-electron chi connectivity index (χ2n) is 5.85. The minimum atomic E-state index is -0.0903. The summed E-state index contributed by atoms with van der Waals surface area (Å²) in [4.78, 5) is 26.0. The Hall–Kier alpha value is -1.88. The Bertz CT molecular complexity index is 502. The van der Waals surface area contributed by atoms with E-state index in [1.54, 1.807) is 12.1 Å².